The number of amides is 2. The lowest BCUT2D eigenvalue weighted by Gasteiger charge is -2.14. The number of anilines is 1. The Kier molecular flexibility index (Phi) is 5.10. The zero-order chi connectivity index (χ0) is 22.1. The van der Waals surface area contributed by atoms with E-state index in [1.165, 1.54) is 11.0 Å². The molecule has 162 valence electrons. The van der Waals surface area contributed by atoms with Gasteiger partial charge in [-0.05, 0) is 47.5 Å². The van der Waals surface area contributed by atoms with Crippen LogP contribution in [0.5, 0.6) is 11.5 Å². The fraction of sp³-hybridized carbons (Fsp3) is 0.167. The van der Waals surface area contributed by atoms with Crippen molar-refractivity contribution in [2.45, 2.75) is 6.54 Å². The molecule has 3 aromatic rings. The van der Waals surface area contributed by atoms with Crippen molar-refractivity contribution >= 4 is 17.7 Å². The number of carbonyl (C=O) groups is 2. The van der Waals surface area contributed by atoms with Crippen molar-refractivity contribution in [2.75, 3.05) is 24.8 Å². The topological polar surface area (TPSA) is 77.1 Å². The van der Waals surface area contributed by atoms with Gasteiger partial charge < -0.3 is 19.5 Å². The zero-order valence-corrected chi connectivity index (χ0v) is 17.0. The molecule has 32 heavy (non-hydrogen) atoms. The molecular formula is C24H19FN2O5. The quantitative estimate of drug-likeness (QED) is 0.654. The zero-order valence-electron chi connectivity index (χ0n) is 17.0. The van der Waals surface area contributed by atoms with E-state index in [0.717, 1.165) is 5.56 Å². The Balaban J connectivity index is 1.24. The average Bonchev–Trinajstić information content (AvgIpc) is 3.46. The lowest BCUT2D eigenvalue weighted by atomic mass is 10.0. The summed E-state index contributed by atoms with van der Waals surface area (Å²) < 4.78 is 30.1. The first-order chi connectivity index (χ1) is 15.6. The van der Waals surface area contributed by atoms with E-state index in [9.17, 15) is 14.0 Å². The van der Waals surface area contributed by atoms with E-state index in [0.29, 0.717) is 53.6 Å². The molecule has 7 nitrogen and oxygen atoms in total. The Labute approximate surface area is 183 Å². The highest BCUT2D eigenvalue weighted by atomic mass is 19.1. The third kappa shape index (κ3) is 3.82. The highest BCUT2D eigenvalue weighted by molar-refractivity contribution is 5.95. The molecule has 3 aromatic carbocycles. The number of hydrogen-bond acceptors (Lipinski definition) is 5. The van der Waals surface area contributed by atoms with Gasteiger partial charge in [0, 0.05) is 17.7 Å². The van der Waals surface area contributed by atoms with E-state index in [1.54, 1.807) is 42.5 Å². The SMILES string of the molecule is O=C(NCc1ccc(-c2ccc(N3CCOC3=O)cc2F)cc1)c1ccc2c(c1)OCO2. The number of nitrogens with zero attached hydrogens (tertiary/aromatic N) is 1. The van der Waals surface area contributed by atoms with Crippen LogP contribution in [0.2, 0.25) is 0 Å². The van der Waals surface area contributed by atoms with Gasteiger partial charge >= 0.3 is 6.09 Å². The molecule has 0 radical (unpaired) electrons. The number of carbonyl (C=O) groups excluding carboxylic acids is 2. The fourth-order valence-corrected chi connectivity index (χ4v) is 3.66. The summed E-state index contributed by atoms with van der Waals surface area (Å²) in [5.74, 6) is 0.523. The molecule has 1 saturated heterocycles. The Morgan fingerprint density at radius 3 is 2.53 bits per heavy atom. The lowest BCUT2D eigenvalue weighted by Crippen LogP contribution is -2.23. The second-order valence-electron chi connectivity index (χ2n) is 7.38. The largest absolute Gasteiger partial charge is 0.454 e. The second-order valence-corrected chi connectivity index (χ2v) is 7.38. The summed E-state index contributed by atoms with van der Waals surface area (Å²) in [7, 11) is 0. The molecular weight excluding hydrogens is 415 g/mol. The maximum atomic E-state index is 14.7. The minimum atomic E-state index is -0.468. The summed E-state index contributed by atoms with van der Waals surface area (Å²) >= 11 is 0. The number of benzene rings is 3. The van der Waals surface area contributed by atoms with Crippen molar-refractivity contribution in [3.63, 3.8) is 0 Å². The van der Waals surface area contributed by atoms with Crippen molar-refractivity contribution in [1.29, 1.82) is 0 Å². The molecule has 2 amide bonds. The van der Waals surface area contributed by atoms with Crippen LogP contribution in [0.15, 0.2) is 60.7 Å². The van der Waals surface area contributed by atoms with Crippen LogP contribution in [0.4, 0.5) is 14.9 Å². The number of nitrogens with one attached hydrogen (secondary N) is 1. The molecule has 0 saturated carbocycles. The molecule has 8 heteroatoms. The second kappa shape index (κ2) is 8.22. The third-order valence-electron chi connectivity index (χ3n) is 5.38. The maximum Gasteiger partial charge on any atom is 0.414 e. The monoisotopic (exact) mass is 434 g/mol. The predicted molar refractivity (Wildman–Crippen MR) is 114 cm³/mol. The number of cyclic esters (lactones) is 1. The fourth-order valence-electron chi connectivity index (χ4n) is 3.66. The number of ether oxygens (including phenoxy) is 3. The Morgan fingerprint density at radius 2 is 1.78 bits per heavy atom. The Bertz CT molecular complexity index is 1200. The summed E-state index contributed by atoms with van der Waals surface area (Å²) in [6, 6.07) is 17.0. The minimum Gasteiger partial charge on any atom is -0.454 e. The molecule has 2 aliphatic heterocycles. The molecule has 1 N–H and O–H groups in total. The van der Waals surface area contributed by atoms with Gasteiger partial charge in [0.15, 0.2) is 11.5 Å². The Morgan fingerprint density at radius 1 is 0.969 bits per heavy atom. The van der Waals surface area contributed by atoms with Gasteiger partial charge in [0.1, 0.15) is 12.4 Å². The first-order valence-electron chi connectivity index (χ1n) is 10.1. The van der Waals surface area contributed by atoms with Gasteiger partial charge in [-0.1, -0.05) is 24.3 Å². The summed E-state index contributed by atoms with van der Waals surface area (Å²) in [5, 5.41) is 2.86. The van der Waals surface area contributed by atoms with Crippen molar-refractivity contribution in [3.8, 4) is 22.6 Å². The summed E-state index contributed by atoms with van der Waals surface area (Å²) in [5.41, 5.74) is 2.95. The lowest BCUT2D eigenvalue weighted by molar-refractivity contribution is 0.0950. The molecule has 0 bridgehead atoms. The summed E-state index contributed by atoms with van der Waals surface area (Å²) in [4.78, 5) is 25.5. The summed E-state index contributed by atoms with van der Waals surface area (Å²) in [6.45, 7) is 1.19. The number of rotatable bonds is 5. The average molecular weight is 434 g/mol. The molecule has 0 aromatic heterocycles. The molecule has 0 aliphatic carbocycles. The van der Waals surface area contributed by atoms with Gasteiger partial charge in [0.25, 0.3) is 5.91 Å². The van der Waals surface area contributed by atoms with E-state index in [1.807, 2.05) is 12.1 Å². The number of hydrogen-bond donors (Lipinski definition) is 1. The van der Waals surface area contributed by atoms with Crippen molar-refractivity contribution < 1.29 is 28.2 Å². The molecule has 2 heterocycles. The van der Waals surface area contributed by atoms with Gasteiger partial charge in [0.05, 0.1) is 12.2 Å². The number of halogens is 1. The van der Waals surface area contributed by atoms with Crippen LogP contribution in [-0.2, 0) is 11.3 Å². The standard InChI is InChI=1S/C24H19FN2O5/c25-20-12-18(27-9-10-30-24(27)29)6-7-19(20)16-3-1-15(2-4-16)13-26-23(28)17-5-8-21-22(11-17)32-14-31-21/h1-8,11-12H,9-10,13-14H2,(H,26,28). The van der Waals surface area contributed by atoms with Crippen molar-refractivity contribution in [2.24, 2.45) is 0 Å². The summed E-state index contributed by atoms with van der Waals surface area (Å²) in [6.07, 6.45) is -0.468. The maximum absolute atomic E-state index is 14.7. The van der Waals surface area contributed by atoms with E-state index >= 15 is 0 Å². The third-order valence-corrected chi connectivity index (χ3v) is 5.38. The highest BCUT2D eigenvalue weighted by Gasteiger charge is 2.24. The van der Waals surface area contributed by atoms with Crippen LogP contribution in [0, 0.1) is 5.82 Å². The number of fused-ring (bicyclic) bond motifs is 1. The van der Waals surface area contributed by atoms with Crippen LogP contribution in [0.3, 0.4) is 0 Å². The molecule has 5 rings (SSSR count). The van der Waals surface area contributed by atoms with Crippen LogP contribution < -0.4 is 19.7 Å². The van der Waals surface area contributed by atoms with Crippen LogP contribution in [-0.4, -0.2) is 31.9 Å². The van der Waals surface area contributed by atoms with Gasteiger partial charge in [-0.3, -0.25) is 9.69 Å². The predicted octanol–water partition coefficient (Wildman–Crippen LogP) is 4.11. The van der Waals surface area contributed by atoms with Gasteiger partial charge in [-0.15, -0.1) is 0 Å². The van der Waals surface area contributed by atoms with Crippen molar-refractivity contribution in [1.82, 2.24) is 5.32 Å². The smallest absolute Gasteiger partial charge is 0.414 e. The van der Waals surface area contributed by atoms with E-state index in [2.05, 4.69) is 5.32 Å². The van der Waals surface area contributed by atoms with E-state index < -0.39 is 11.9 Å². The first-order valence-corrected chi connectivity index (χ1v) is 10.1. The first kappa shape index (κ1) is 19.9. The van der Waals surface area contributed by atoms with Crippen LogP contribution in [0.1, 0.15) is 15.9 Å². The van der Waals surface area contributed by atoms with E-state index in [-0.39, 0.29) is 12.7 Å². The molecule has 0 atom stereocenters. The van der Waals surface area contributed by atoms with Gasteiger partial charge in [-0.25, -0.2) is 9.18 Å². The molecule has 0 unspecified atom stereocenters. The van der Waals surface area contributed by atoms with Gasteiger partial charge in [0.2, 0.25) is 6.79 Å². The normalized spacial score (nSPS) is 14.4. The van der Waals surface area contributed by atoms with E-state index in [4.69, 9.17) is 14.2 Å². The molecule has 1 fully saturated rings. The van der Waals surface area contributed by atoms with Crippen LogP contribution >= 0.6 is 0 Å². The van der Waals surface area contributed by atoms with Crippen molar-refractivity contribution in [3.05, 3.63) is 77.6 Å². The minimum absolute atomic E-state index is 0.154. The Hall–Kier alpha value is -4.07. The molecule has 2 aliphatic rings. The van der Waals surface area contributed by atoms with Gasteiger partial charge in [-0.2, -0.15) is 0 Å². The van der Waals surface area contributed by atoms with Crippen LogP contribution in [0.25, 0.3) is 11.1 Å². The highest BCUT2D eigenvalue weighted by Crippen LogP contribution is 2.32. The molecule has 0 spiro atoms.